The average Bonchev–Trinajstić information content (AvgIpc) is 2.26. The van der Waals surface area contributed by atoms with Crippen LogP contribution in [0.4, 0.5) is 0 Å². The summed E-state index contributed by atoms with van der Waals surface area (Å²) >= 11 is 0. The van der Waals surface area contributed by atoms with Crippen molar-refractivity contribution in [2.45, 2.75) is 11.8 Å². The lowest BCUT2D eigenvalue weighted by atomic mass is 10.1. The molecular weight excluding hydrogens is 262 g/mol. The van der Waals surface area contributed by atoms with Gasteiger partial charge in [0.15, 0.2) is 0 Å². The summed E-state index contributed by atoms with van der Waals surface area (Å²) in [4.78, 5) is 20.9. The number of hydrogen-bond donors (Lipinski definition) is 3. The van der Waals surface area contributed by atoms with Crippen molar-refractivity contribution in [1.29, 1.82) is 0 Å². The van der Waals surface area contributed by atoms with Crippen molar-refractivity contribution in [2.75, 3.05) is 6.54 Å². The molecule has 1 aromatic rings. The second-order valence-corrected chi connectivity index (χ2v) is 5.27. The molecule has 0 saturated carbocycles. The molecule has 0 spiro atoms. The number of sulfonamides is 1. The molecule has 0 saturated heterocycles. The number of carboxylic acid groups (broad SMARTS) is 2. The molecule has 0 aliphatic heterocycles. The predicted molar refractivity (Wildman–Crippen MR) is 61.0 cm³/mol. The molecule has 0 aliphatic carbocycles. The van der Waals surface area contributed by atoms with Gasteiger partial charge in [0.1, 0.15) is 6.54 Å². The Morgan fingerprint density at radius 2 is 1.89 bits per heavy atom. The van der Waals surface area contributed by atoms with Gasteiger partial charge in [-0.1, -0.05) is 6.07 Å². The van der Waals surface area contributed by atoms with Gasteiger partial charge >= 0.3 is 11.9 Å². The Morgan fingerprint density at radius 1 is 1.28 bits per heavy atom. The quantitative estimate of drug-likeness (QED) is 0.697. The monoisotopic (exact) mass is 273 g/mol. The highest BCUT2D eigenvalue weighted by atomic mass is 32.2. The van der Waals surface area contributed by atoms with Gasteiger partial charge in [-0.25, -0.2) is 13.2 Å². The normalized spacial score (nSPS) is 11.2. The Kier molecular flexibility index (Phi) is 4.04. The molecule has 8 heteroatoms. The van der Waals surface area contributed by atoms with Gasteiger partial charge in [-0.3, -0.25) is 4.79 Å². The third-order valence-electron chi connectivity index (χ3n) is 2.16. The number of carbonyl (C=O) groups is 2. The third kappa shape index (κ3) is 3.28. The first kappa shape index (κ1) is 14.1. The highest BCUT2D eigenvalue weighted by Crippen LogP contribution is 2.15. The van der Waals surface area contributed by atoms with Crippen molar-refractivity contribution >= 4 is 22.0 Å². The number of aryl methyl sites for hydroxylation is 1. The van der Waals surface area contributed by atoms with Gasteiger partial charge in [-0.05, 0) is 24.6 Å². The molecule has 0 aliphatic rings. The van der Waals surface area contributed by atoms with E-state index in [4.69, 9.17) is 10.2 Å². The van der Waals surface area contributed by atoms with Gasteiger partial charge in [0, 0.05) is 0 Å². The van der Waals surface area contributed by atoms with Crippen LogP contribution in [0, 0.1) is 6.92 Å². The average molecular weight is 273 g/mol. The molecule has 0 bridgehead atoms. The number of benzene rings is 1. The maximum atomic E-state index is 11.7. The van der Waals surface area contributed by atoms with Crippen LogP contribution in [-0.4, -0.2) is 37.1 Å². The van der Waals surface area contributed by atoms with E-state index < -0.39 is 28.5 Å². The number of aliphatic carboxylic acids is 1. The summed E-state index contributed by atoms with van der Waals surface area (Å²) in [6.45, 7) is 0.767. The molecular formula is C10H11NO6S. The minimum atomic E-state index is -4.02. The fraction of sp³-hybridized carbons (Fsp3) is 0.200. The summed E-state index contributed by atoms with van der Waals surface area (Å²) < 4.78 is 25.2. The first-order valence-electron chi connectivity index (χ1n) is 4.79. The second-order valence-electron chi connectivity index (χ2n) is 3.50. The van der Waals surface area contributed by atoms with E-state index >= 15 is 0 Å². The molecule has 0 atom stereocenters. The van der Waals surface area contributed by atoms with E-state index in [1.54, 1.807) is 0 Å². The van der Waals surface area contributed by atoms with Crippen LogP contribution in [0.1, 0.15) is 15.9 Å². The van der Waals surface area contributed by atoms with Crippen LogP contribution in [0.3, 0.4) is 0 Å². The topological polar surface area (TPSA) is 121 Å². The molecule has 0 amide bonds. The largest absolute Gasteiger partial charge is 0.480 e. The highest BCUT2D eigenvalue weighted by molar-refractivity contribution is 7.89. The van der Waals surface area contributed by atoms with Crippen LogP contribution in [0.15, 0.2) is 23.1 Å². The lowest BCUT2D eigenvalue weighted by molar-refractivity contribution is -0.135. The van der Waals surface area contributed by atoms with Crippen molar-refractivity contribution in [1.82, 2.24) is 4.72 Å². The van der Waals surface area contributed by atoms with Crippen LogP contribution >= 0.6 is 0 Å². The minimum Gasteiger partial charge on any atom is -0.480 e. The molecule has 18 heavy (non-hydrogen) atoms. The first-order chi connectivity index (χ1) is 8.24. The summed E-state index contributed by atoms with van der Waals surface area (Å²) in [5.74, 6) is -2.58. The Labute approximate surface area is 103 Å². The zero-order chi connectivity index (χ0) is 13.9. The van der Waals surface area contributed by atoms with Crippen LogP contribution in [-0.2, 0) is 14.8 Å². The van der Waals surface area contributed by atoms with Crippen molar-refractivity contribution in [3.8, 4) is 0 Å². The Morgan fingerprint density at radius 3 is 2.39 bits per heavy atom. The lowest BCUT2D eigenvalue weighted by Crippen LogP contribution is -2.29. The Hall–Kier alpha value is -1.93. The molecule has 1 aromatic carbocycles. The molecule has 0 fully saturated rings. The zero-order valence-corrected chi connectivity index (χ0v) is 10.2. The number of hydrogen-bond acceptors (Lipinski definition) is 4. The summed E-state index contributed by atoms with van der Waals surface area (Å²) in [6, 6.07) is 3.55. The molecule has 0 radical (unpaired) electrons. The van der Waals surface area contributed by atoms with Crippen LogP contribution in [0.25, 0.3) is 0 Å². The second kappa shape index (κ2) is 5.15. The molecule has 1 rings (SSSR count). The fourth-order valence-corrected chi connectivity index (χ4v) is 2.24. The number of carboxylic acids is 2. The van der Waals surface area contributed by atoms with Gasteiger partial charge in [-0.2, -0.15) is 4.72 Å². The van der Waals surface area contributed by atoms with E-state index in [-0.39, 0.29) is 10.5 Å². The van der Waals surface area contributed by atoms with Crippen LogP contribution in [0.5, 0.6) is 0 Å². The summed E-state index contributed by atoms with van der Waals surface area (Å²) in [5, 5.41) is 17.3. The first-order valence-corrected chi connectivity index (χ1v) is 6.28. The van der Waals surface area contributed by atoms with E-state index in [0.29, 0.717) is 5.56 Å². The predicted octanol–water partition coefficient (Wildman–Crippen LogP) is 0.0561. The SMILES string of the molecule is Cc1ccc(S(=O)(=O)NCC(=O)O)cc1C(=O)O. The summed E-state index contributed by atoms with van der Waals surface area (Å²) in [7, 11) is -4.02. The summed E-state index contributed by atoms with van der Waals surface area (Å²) in [6.07, 6.45) is 0. The van der Waals surface area contributed by atoms with Gasteiger partial charge in [0.05, 0.1) is 10.5 Å². The van der Waals surface area contributed by atoms with Crippen molar-refractivity contribution in [3.05, 3.63) is 29.3 Å². The van der Waals surface area contributed by atoms with Crippen LogP contribution in [0.2, 0.25) is 0 Å². The fourth-order valence-electron chi connectivity index (χ4n) is 1.24. The smallest absolute Gasteiger partial charge is 0.335 e. The molecule has 0 unspecified atom stereocenters. The third-order valence-corrected chi connectivity index (χ3v) is 3.56. The van der Waals surface area contributed by atoms with Gasteiger partial charge in [0.25, 0.3) is 0 Å². The molecule has 98 valence electrons. The van der Waals surface area contributed by atoms with E-state index in [0.717, 1.165) is 6.07 Å². The van der Waals surface area contributed by atoms with Gasteiger partial charge in [0.2, 0.25) is 10.0 Å². The molecule has 0 aromatic heterocycles. The van der Waals surface area contributed by atoms with E-state index in [1.165, 1.54) is 19.1 Å². The lowest BCUT2D eigenvalue weighted by Gasteiger charge is -2.07. The minimum absolute atomic E-state index is 0.145. The summed E-state index contributed by atoms with van der Waals surface area (Å²) in [5.41, 5.74) is 0.271. The van der Waals surface area contributed by atoms with Crippen LogP contribution < -0.4 is 4.72 Å². The Balaban J connectivity index is 3.14. The van der Waals surface area contributed by atoms with Crippen molar-refractivity contribution in [2.24, 2.45) is 0 Å². The molecule has 7 nitrogen and oxygen atoms in total. The van der Waals surface area contributed by atoms with Gasteiger partial charge < -0.3 is 10.2 Å². The molecule has 0 heterocycles. The van der Waals surface area contributed by atoms with Gasteiger partial charge in [-0.15, -0.1) is 0 Å². The van der Waals surface area contributed by atoms with Crippen molar-refractivity contribution in [3.63, 3.8) is 0 Å². The maximum Gasteiger partial charge on any atom is 0.335 e. The van der Waals surface area contributed by atoms with E-state index in [9.17, 15) is 18.0 Å². The van der Waals surface area contributed by atoms with Crippen molar-refractivity contribution < 1.29 is 28.2 Å². The number of aromatic carboxylic acids is 1. The van der Waals surface area contributed by atoms with E-state index in [1.807, 2.05) is 4.72 Å². The highest BCUT2D eigenvalue weighted by Gasteiger charge is 2.18. The maximum absolute atomic E-state index is 11.7. The zero-order valence-electron chi connectivity index (χ0n) is 9.37. The Bertz CT molecular complexity index is 592. The standard InChI is InChI=1S/C10H11NO6S/c1-6-2-3-7(4-8(6)10(14)15)18(16,17)11-5-9(12)13/h2-4,11H,5H2,1H3,(H,12,13)(H,14,15). The number of nitrogens with one attached hydrogen (secondary N) is 1. The van der Waals surface area contributed by atoms with E-state index in [2.05, 4.69) is 0 Å². The molecule has 3 N–H and O–H groups in total. The number of rotatable bonds is 5.